The van der Waals surface area contributed by atoms with Crippen molar-refractivity contribution < 1.29 is 22.3 Å². The first-order valence-electron chi connectivity index (χ1n) is 5.35. The normalized spacial score (nSPS) is 23.2. The molecule has 0 N–H and O–H groups in total. The van der Waals surface area contributed by atoms with E-state index in [1.165, 1.54) is 4.68 Å². The lowest BCUT2D eigenvalue weighted by Gasteiger charge is -2.36. The van der Waals surface area contributed by atoms with Crippen LogP contribution in [0.15, 0.2) is 6.07 Å². The summed E-state index contributed by atoms with van der Waals surface area (Å²) in [6.07, 6.45) is -7.68. The Labute approximate surface area is 101 Å². The predicted octanol–water partition coefficient (Wildman–Crippen LogP) is 1.75. The fourth-order valence-corrected chi connectivity index (χ4v) is 2.01. The Bertz CT molecular complexity index is 430. The molecule has 2 rings (SSSR count). The van der Waals surface area contributed by atoms with Crippen molar-refractivity contribution in [2.75, 3.05) is 13.1 Å². The van der Waals surface area contributed by atoms with Crippen LogP contribution in [-0.2, 0) is 18.3 Å². The number of hydrogen-bond donors (Lipinski definition) is 0. The van der Waals surface area contributed by atoms with E-state index >= 15 is 0 Å². The molecule has 4 nitrogen and oxygen atoms in total. The molecular formula is C10H13F4N3O. The molecular weight excluding hydrogens is 254 g/mol. The zero-order valence-corrected chi connectivity index (χ0v) is 9.96. The van der Waals surface area contributed by atoms with Gasteiger partial charge in [-0.15, -0.1) is 0 Å². The third-order valence-corrected chi connectivity index (χ3v) is 2.60. The second kappa shape index (κ2) is 4.20. The van der Waals surface area contributed by atoms with Gasteiger partial charge in [0.15, 0.2) is 0 Å². The molecule has 0 aromatic carbocycles. The average Bonchev–Trinajstić information content (AvgIpc) is 2.38. The molecule has 0 saturated carbocycles. The molecule has 1 aliphatic rings. The number of ether oxygens (including phenoxy) is 1. The second-order valence-electron chi connectivity index (χ2n) is 4.42. The van der Waals surface area contributed by atoms with E-state index in [1.807, 2.05) is 0 Å². The van der Waals surface area contributed by atoms with Gasteiger partial charge in [-0.2, -0.15) is 22.7 Å². The molecule has 1 aromatic heterocycles. The Morgan fingerprint density at radius 2 is 1.83 bits per heavy atom. The van der Waals surface area contributed by atoms with Crippen LogP contribution in [0.1, 0.15) is 11.4 Å². The Balaban J connectivity index is 2.12. The lowest BCUT2D eigenvalue weighted by molar-refractivity contribution is -0.405. The highest BCUT2D eigenvalue weighted by Crippen LogP contribution is 2.33. The fraction of sp³-hybridized carbons (Fsp3) is 0.700. The maximum Gasteiger partial charge on any atom is 0.372 e. The molecule has 2 heterocycles. The molecule has 8 heteroatoms. The summed E-state index contributed by atoms with van der Waals surface area (Å²) in [7, 11) is 1.64. The van der Waals surface area contributed by atoms with Crippen LogP contribution in [0.2, 0.25) is 0 Å². The quantitative estimate of drug-likeness (QED) is 0.765. The Morgan fingerprint density at radius 3 is 2.28 bits per heavy atom. The summed E-state index contributed by atoms with van der Waals surface area (Å²) in [4.78, 5) is 0.958. The molecule has 0 radical (unpaired) electrons. The number of aryl methyl sites for hydroxylation is 2. The van der Waals surface area contributed by atoms with Crippen molar-refractivity contribution >= 4 is 0 Å². The Kier molecular flexibility index (Phi) is 3.10. The first kappa shape index (κ1) is 13.3. The highest BCUT2D eigenvalue weighted by molar-refractivity contribution is 5.08. The van der Waals surface area contributed by atoms with Crippen LogP contribution < -0.4 is 0 Å². The zero-order chi connectivity index (χ0) is 13.6. The topological polar surface area (TPSA) is 30.3 Å². The maximum atomic E-state index is 13.0. The third-order valence-electron chi connectivity index (χ3n) is 2.60. The van der Waals surface area contributed by atoms with Gasteiger partial charge in [0, 0.05) is 13.6 Å². The molecule has 1 saturated heterocycles. The molecule has 0 aliphatic carbocycles. The number of morpholine rings is 1. The minimum Gasteiger partial charge on any atom is -0.281 e. The Morgan fingerprint density at radius 1 is 1.28 bits per heavy atom. The fourth-order valence-electron chi connectivity index (χ4n) is 2.01. The molecule has 102 valence electrons. The lowest BCUT2D eigenvalue weighted by atomic mass is 10.3. The van der Waals surface area contributed by atoms with Gasteiger partial charge in [-0.25, -0.2) is 0 Å². The molecule has 0 unspecified atom stereocenters. The number of aromatic nitrogens is 2. The number of alkyl halides is 4. The lowest BCUT2D eigenvalue weighted by Crippen LogP contribution is -2.54. The average molecular weight is 267 g/mol. The van der Waals surface area contributed by atoms with Gasteiger partial charge in [-0.3, -0.25) is 14.3 Å². The van der Waals surface area contributed by atoms with Gasteiger partial charge in [0.2, 0.25) is 0 Å². The highest BCUT2D eigenvalue weighted by atomic mass is 19.3. The monoisotopic (exact) mass is 267 g/mol. The number of nitrogens with zero attached hydrogens (tertiary/aromatic N) is 3. The largest absolute Gasteiger partial charge is 0.372 e. The van der Waals surface area contributed by atoms with Gasteiger partial charge in [-0.05, 0) is 13.0 Å². The Hall–Kier alpha value is -1.15. The first-order valence-corrected chi connectivity index (χ1v) is 5.35. The van der Waals surface area contributed by atoms with E-state index in [1.54, 1.807) is 20.0 Å². The highest BCUT2D eigenvalue weighted by Gasteiger charge is 2.51. The molecule has 1 aliphatic heterocycles. The van der Waals surface area contributed by atoms with Crippen molar-refractivity contribution in [2.45, 2.75) is 25.7 Å². The van der Waals surface area contributed by atoms with E-state index in [2.05, 4.69) is 9.84 Å². The summed E-state index contributed by atoms with van der Waals surface area (Å²) in [6.45, 7) is 0.0114. The van der Waals surface area contributed by atoms with Gasteiger partial charge < -0.3 is 0 Å². The predicted molar refractivity (Wildman–Crippen MR) is 54.2 cm³/mol. The number of hydrogen-bond acceptors (Lipinski definition) is 3. The van der Waals surface area contributed by atoms with Crippen LogP contribution >= 0.6 is 0 Å². The minimum atomic E-state index is -3.84. The molecule has 0 spiro atoms. The molecule has 1 fully saturated rings. The van der Waals surface area contributed by atoms with Crippen molar-refractivity contribution in [3.8, 4) is 0 Å². The zero-order valence-electron chi connectivity index (χ0n) is 9.96. The van der Waals surface area contributed by atoms with Gasteiger partial charge in [0.25, 0.3) is 0 Å². The van der Waals surface area contributed by atoms with Crippen molar-refractivity contribution in [1.29, 1.82) is 0 Å². The smallest absolute Gasteiger partial charge is 0.281 e. The van der Waals surface area contributed by atoms with Gasteiger partial charge >= 0.3 is 12.2 Å². The van der Waals surface area contributed by atoms with E-state index in [0.29, 0.717) is 11.4 Å². The summed E-state index contributed by atoms with van der Waals surface area (Å²) in [6, 6.07) is 1.67. The summed E-state index contributed by atoms with van der Waals surface area (Å²) >= 11 is 0. The summed E-state index contributed by atoms with van der Waals surface area (Å²) in [5.41, 5.74) is 1.31. The van der Waals surface area contributed by atoms with E-state index < -0.39 is 25.3 Å². The standard InChI is InChI=1S/C10H13F4N3O/c1-7-3-8(16(2)15-7)4-17-5-9(11,12)18-10(13,14)6-17/h3H,4-6H2,1-2H3. The van der Waals surface area contributed by atoms with Crippen molar-refractivity contribution in [2.24, 2.45) is 7.05 Å². The summed E-state index contributed by atoms with van der Waals surface area (Å²) < 4.78 is 56.9. The van der Waals surface area contributed by atoms with E-state index in [4.69, 9.17) is 0 Å². The van der Waals surface area contributed by atoms with Gasteiger partial charge in [0.05, 0.1) is 24.5 Å². The number of rotatable bonds is 2. The SMILES string of the molecule is Cc1cc(CN2CC(F)(F)OC(F)(F)C2)n(C)n1. The molecule has 0 bridgehead atoms. The minimum absolute atomic E-state index is 0.0219. The van der Waals surface area contributed by atoms with Crippen LogP contribution in [0.3, 0.4) is 0 Å². The van der Waals surface area contributed by atoms with Crippen molar-refractivity contribution in [3.63, 3.8) is 0 Å². The first-order chi connectivity index (χ1) is 8.17. The van der Waals surface area contributed by atoms with E-state index in [-0.39, 0.29) is 6.54 Å². The van der Waals surface area contributed by atoms with Crippen molar-refractivity contribution in [1.82, 2.24) is 14.7 Å². The van der Waals surface area contributed by atoms with Crippen LogP contribution in [-0.4, -0.2) is 40.0 Å². The van der Waals surface area contributed by atoms with Crippen LogP contribution in [0.25, 0.3) is 0 Å². The van der Waals surface area contributed by atoms with Crippen molar-refractivity contribution in [3.05, 3.63) is 17.5 Å². The molecule has 0 atom stereocenters. The summed E-state index contributed by atoms with van der Waals surface area (Å²) in [5, 5.41) is 4.03. The number of halogens is 4. The van der Waals surface area contributed by atoms with Crippen LogP contribution in [0.4, 0.5) is 17.6 Å². The van der Waals surface area contributed by atoms with Crippen LogP contribution in [0, 0.1) is 6.92 Å². The molecule has 0 amide bonds. The van der Waals surface area contributed by atoms with Gasteiger partial charge in [-0.1, -0.05) is 0 Å². The second-order valence-corrected chi connectivity index (χ2v) is 4.42. The maximum absolute atomic E-state index is 13.0. The van der Waals surface area contributed by atoms with Gasteiger partial charge in [0.1, 0.15) is 0 Å². The summed E-state index contributed by atoms with van der Waals surface area (Å²) in [5.74, 6) is 0. The molecule has 1 aromatic rings. The van der Waals surface area contributed by atoms with Crippen LogP contribution in [0.5, 0.6) is 0 Å². The third kappa shape index (κ3) is 2.99. The molecule has 18 heavy (non-hydrogen) atoms. The van der Waals surface area contributed by atoms with E-state index in [0.717, 1.165) is 4.90 Å². The van der Waals surface area contributed by atoms with E-state index in [9.17, 15) is 17.6 Å².